The number of benzene rings is 2. The second-order valence-electron chi connectivity index (χ2n) is 7.19. The van der Waals surface area contributed by atoms with Crippen LogP contribution < -0.4 is 16.6 Å². The number of halogens is 2. The zero-order valence-corrected chi connectivity index (χ0v) is 19.6. The first-order chi connectivity index (χ1) is 16.2. The van der Waals surface area contributed by atoms with Gasteiger partial charge in [0.1, 0.15) is 6.54 Å². The molecule has 0 bridgehead atoms. The largest absolute Gasteiger partial charge is 0.350 e. The third-order valence-electron chi connectivity index (χ3n) is 4.96. The minimum absolute atomic E-state index is 0.0316. The van der Waals surface area contributed by atoms with Crippen molar-refractivity contribution in [3.05, 3.63) is 103 Å². The maximum Gasteiger partial charge on any atom is 0.346 e. The van der Waals surface area contributed by atoms with Gasteiger partial charge in [-0.1, -0.05) is 23.2 Å². The molecule has 12 heteroatoms. The number of aromatic nitrogens is 3. The molecule has 0 radical (unpaired) electrons. The topological polar surface area (TPSA) is 120 Å². The van der Waals surface area contributed by atoms with Crippen LogP contribution >= 0.6 is 23.2 Å². The number of nitrogens with zero attached hydrogens (tertiary/aromatic N) is 3. The van der Waals surface area contributed by atoms with Gasteiger partial charge in [-0.3, -0.25) is 19.1 Å². The number of carbonyl (C=O) groups excluding carboxylic acids is 1. The molecule has 0 fully saturated rings. The molecule has 2 heterocycles. The van der Waals surface area contributed by atoms with Crippen molar-refractivity contribution in [2.24, 2.45) is 0 Å². The Morgan fingerprint density at radius 2 is 1.59 bits per heavy atom. The molecule has 2 aromatic heterocycles. The number of rotatable bonds is 6. The van der Waals surface area contributed by atoms with Gasteiger partial charge in [0.15, 0.2) is 0 Å². The summed E-state index contributed by atoms with van der Waals surface area (Å²) in [6.07, 6.45) is 3.14. The van der Waals surface area contributed by atoms with E-state index >= 15 is 0 Å². The van der Waals surface area contributed by atoms with Gasteiger partial charge in [-0.25, -0.2) is 13.2 Å². The summed E-state index contributed by atoms with van der Waals surface area (Å²) in [6.45, 7) is -0.380. The quantitative estimate of drug-likeness (QED) is 0.418. The van der Waals surface area contributed by atoms with Crippen LogP contribution in [0, 0.1) is 0 Å². The van der Waals surface area contributed by atoms with Crippen molar-refractivity contribution in [3.8, 4) is 0 Å². The van der Waals surface area contributed by atoms with Crippen molar-refractivity contribution < 1.29 is 13.2 Å². The molecular weight excluding hydrogens is 503 g/mol. The Hall–Kier alpha value is -3.47. The summed E-state index contributed by atoms with van der Waals surface area (Å²) >= 11 is 11.9. The second kappa shape index (κ2) is 9.41. The minimum Gasteiger partial charge on any atom is -0.350 e. The molecule has 0 atom stereocenters. The summed E-state index contributed by atoms with van der Waals surface area (Å²) in [4.78, 5) is 42.6. The van der Waals surface area contributed by atoms with Crippen LogP contribution in [0.3, 0.4) is 0 Å². The second-order valence-corrected chi connectivity index (χ2v) is 9.85. The Balaban J connectivity index is 1.83. The average molecular weight is 519 g/mol. The molecule has 1 amide bonds. The molecule has 0 saturated carbocycles. The van der Waals surface area contributed by atoms with Gasteiger partial charge in [0, 0.05) is 29.0 Å². The highest BCUT2D eigenvalue weighted by molar-refractivity contribution is 7.90. The molecular formula is C22H16Cl2N4O5S. The molecule has 1 N–H and O–H groups in total. The molecule has 0 unspecified atom stereocenters. The Bertz CT molecular complexity index is 1620. The van der Waals surface area contributed by atoms with E-state index in [-0.39, 0.29) is 36.4 Å². The smallest absolute Gasteiger partial charge is 0.346 e. The third-order valence-corrected chi connectivity index (χ3v) is 7.12. The number of amides is 1. The lowest BCUT2D eigenvalue weighted by atomic mass is 10.2. The van der Waals surface area contributed by atoms with Crippen LogP contribution in [-0.4, -0.2) is 27.8 Å². The zero-order chi connectivity index (χ0) is 24.5. The molecule has 34 heavy (non-hydrogen) atoms. The van der Waals surface area contributed by atoms with Crippen molar-refractivity contribution in [3.63, 3.8) is 0 Å². The van der Waals surface area contributed by atoms with Crippen LogP contribution in [0.2, 0.25) is 10.0 Å². The number of carbonyl (C=O) groups is 1. The lowest BCUT2D eigenvalue weighted by Gasteiger charge is -2.15. The molecule has 0 aliphatic rings. The van der Waals surface area contributed by atoms with Crippen LogP contribution in [0.4, 0.5) is 0 Å². The van der Waals surface area contributed by atoms with Gasteiger partial charge < -0.3 is 5.32 Å². The van der Waals surface area contributed by atoms with Gasteiger partial charge in [0.05, 0.1) is 15.8 Å². The summed E-state index contributed by atoms with van der Waals surface area (Å²) in [7, 11) is -4.59. The molecule has 4 aromatic rings. The van der Waals surface area contributed by atoms with Gasteiger partial charge in [-0.15, -0.1) is 3.97 Å². The van der Waals surface area contributed by atoms with E-state index in [9.17, 15) is 22.8 Å². The van der Waals surface area contributed by atoms with E-state index in [0.29, 0.717) is 0 Å². The highest BCUT2D eigenvalue weighted by Gasteiger charge is 2.26. The number of pyridine rings is 1. The highest BCUT2D eigenvalue weighted by atomic mass is 35.5. The molecule has 9 nitrogen and oxygen atoms in total. The summed E-state index contributed by atoms with van der Waals surface area (Å²) in [5, 5.41) is 3.04. The number of nitrogens with one attached hydrogen (secondary N) is 1. The van der Waals surface area contributed by atoms with Crippen LogP contribution in [0.1, 0.15) is 5.56 Å². The van der Waals surface area contributed by atoms with Crippen molar-refractivity contribution >= 4 is 50.0 Å². The van der Waals surface area contributed by atoms with Crippen LogP contribution in [-0.2, 0) is 27.9 Å². The lowest BCUT2D eigenvalue weighted by molar-refractivity contribution is -0.121. The molecule has 4 rings (SSSR count). The fourth-order valence-corrected chi connectivity index (χ4v) is 4.90. The standard InChI is InChI=1S/C22H16Cl2N4O5S/c23-15-1-4-17(5-2-15)34(32,33)28-21(30)18-6-3-16(24)11-19(18)27(22(28)31)13-20(29)26-12-14-7-9-25-10-8-14/h1-11H,12-13H2,(H,26,29). The van der Waals surface area contributed by atoms with E-state index in [0.717, 1.165) is 10.1 Å². The van der Waals surface area contributed by atoms with Gasteiger partial charge in [-0.05, 0) is 60.2 Å². The molecule has 174 valence electrons. The van der Waals surface area contributed by atoms with E-state index in [4.69, 9.17) is 23.2 Å². The summed E-state index contributed by atoms with van der Waals surface area (Å²) in [5.74, 6) is -0.575. The third kappa shape index (κ3) is 4.60. The fourth-order valence-electron chi connectivity index (χ4n) is 3.30. The maximum absolute atomic E-state index is 13.3. The Kier molecular flexibility index (Phi) is 6.56. The number of fused-ring (bicyclic) bond motifs is 1. The molecule has 0 aliphatic heterocycles. The van der Waals surface area contributed by atoms with Crippen LogP contribution in [0.15, 0.2) is 81.5 Å². The fraction of sp³-hybridized carbons (Fsp3) is 0.0909. The molecule has 2 aromatic carbocycles. The predicted octanol–water partition coefficient (Wildman–Crippen LogP) is 2.42. The first kappa shape index (κ1) is 23.7. The lowest BCUT2D eigenvalue weighted by Crippen LogP contribution is -2.45. The molecule has 0 spiro atoms. The van der Waals surface area contributed by atoms with Gasteiger partial charge in [0.2, 0.25) is 5.91 Å². The Morgan fingerprint density at radius 1 is 0.941 bits per heavy atom. The number of hydrogen-bond donors (Lipinski definition) is 1. The monoisotopic (exact) mass is 518 g/mol. The van der Waals surface area contributed by atoms with Gasteiger partial charge in [-0.2, -0.15) is 0 Å². The minimum atomic E-state index is -4.59. The Labute approximate surface area is 203 Å². The first-order valence-electron chi connectivity index (χ1n) is 9.80. The van der Waals surface area contributed by atoms with Crippen molar-refractivity contribution in [2.75, 3.05) is 0 Å². The predicted molar refractivity (Wildman–Crippen MR) is 128 cm³/mol. The van der Waals surface area contributed by atoms with Gasteiger partial charge in [0.25, 0.3) is 15.6 Å². The average Bonchev–Trinajstić information content (AvgIpc) is 2.81. The number of hydrogen-bond acceptors (Lipinski definition) is 6. The van der Waals surface area contributed by atoms with E-state index in [1.807, 2.05) is 0 Å². The van der Waals surface area contributed by atoms with Crippen LogP contribution in [0.5, 0.6) is 0 Å². The first-order valence-corrected chi connectivity index (χ1v) is 12.0. The molecule has 0 aliphatic carbocycles. The Morgan fingerprint density at radius 3 is 2.26 bits per heavy atom. The van der Waals surface area contributed by atoms with Crippen LogP contribution in [0.25, 0.3) is 10.9 Å². The van der Waals surface area contributed by atoms with Crippen molar-refractivity contribution in [2.45, 2.75) is 18.0 Å². The van der Waals surface area contributed by atoms with E-state index in [1.165, 1.54) is 42.5 Å². The van der Waals surface area contributed by atoms with E-state index in [1.54, 1.807) is 24.5 Å². The van der Waals surface area contributed by atoms with Crippen molar-refractivity contribution in [1.82, 2.24) is 18.8 Å². The van der Waals surface area contributed by atoms with E-state index in [2.05, 4.69) is 10.3 Å². The summed E-state index contributed by atoms with van der Waals surface area (Å²) < 4.78 is 27.5. The van der Waals surface area contributed by atoms with Gasteiger partial charge >= 0.3 is 5.69 Å². The highest BCUT2D eigenvalue weighted by Crippen LogP contribution is 2.18. The zero-order valence-electron chi connectivity index (χ0n) is 17.3. The summed E-state index contributed by atoms with van der Waals surface area (Å²) in [6, 6.07) is 12.5. The summed E-state index contributed by atoms with van der Waals surface area (Å²) in [5.41, 5.74) is -1.45. The maximum atomic E-state index is 13.3. The SMILES string of the molecule is O=C(Cn1c(=O)n(S(=O)(=O)c2ccc(Cl)cc2)c(=O)c2ccc(Cl)cc21)NCc1ccncc1. The van der Waals surface area contributed by atoms with E-state index < -0.39 is 33.7 Å². The van der Waals surface area contributed by atoms with Crippen molar-refractivity contribution in [1.29, 1.82) is 0 Å². The normalized spacial score (nSPS) is 11.5. The molecule has 0 saturated heterocycles.